The highest BCUT2D eigenvalue weighted by molar-refractivity contribution is 5.91. The maximum absolute atomic E-state index is 6.21. The van der Waals surface area contributed by atoms with Crippen molar-refractivity contribution in [1.29, 1.82) is 0 Å². The summed E-state index contributed by atoms with van der Waals surface area (Å²) in [5.41, 5.74) is 24.4. The van der Waals surface area contributed by atoms with Crippen LogP contribution in [0.15, 0.2) is 276 Å². The number of rotatable bonds is 12. The van der Waals surface area contributed by atoms with Gasteiger partial charge in [-0.05, 0) is 178 Å². The van der Waals surface area contributed by atoms with E-state index in [1.54, 1.807) is 0 Å². The van der Waals surface area contributed by atoms with Crippen molar-refractivity contribution in [1.82, 2.24) is 30.4 Å². The van der Waals surface area contributed by atoms with E-state index in [9.17, 15) is 0 Å². The molecule has 3 heterocycles. The van der Waals surface area contributed by atoms with Crippen molar-refractivity contribution in [3.05, 3.63) is 289 Å². The fourth-order valence-corrected chi connectivity index (χ4v) is 13.1. The Balaban J connectivity index is 0.767. The molecule has 10 nitrogen and oxygen atoms in total. The standard InChI is InChI=1S/C78H56N8O2/c1-77(2)65-23-13-11-21-61(65)63-45-43-59(47-67(63)77)85(57-39-31-53(32-40-57)75-83-81-73(87-75)51-17-7-5-8-18-51)55-35-27-49(28-36-55)71-72(80-70-26-16-15-25-69(70)79-71)50-29-37-56(38-30-50)86(60-44-46-64-62-22-12-14-24-66(62)78(3,4)68(64)48-60)58-41-33-54(34-42-58)76-84-82-74(88-76)52-19-9-6-10-20-52/h5-48H,1-4H3. The first kappa shape index (κ1) is 52.2. The lowest BCUT2D eigenvalue weighted by Crippen LogP contribution is -2.16. The van der Waals surface area contributed by atoms with Gasteiger partial charge in [0.1, 0.15) is 0 Å². The third-order valence-electron chi connectivity index (χ3n) is 17.7. The van der Waals surface area contributed by atoms with Crippen molar-refractivity contribution in [2.75, 3.05) is 9.80 Å². The number of nitrogens with zero attached hydrogens (tertiary/aromatic N) is 8. The summed E-state index contributed by atoms with van der Waals surface area (Å²) >= 11 is 0. The van der Waals surface area contributed by atoms with E-state index in [0.29, 0.717) is 23.6 Å². The normalized spacial score (nSPS) is 13.2. The fraction of sp³-hybridized carbons (Fsp3) is 0.0769. The van der Waals surface area contributed by atoms with Gasteiger partial charge >= 0.3 is 0 Å². The van der Waals surface area contributed by atoms with Crippen LogP contribution in [0, 0.1) is 0 Å². The third-order valence-corrected chi connectivity index (χ3v) is 17.7. The van der Waals surface area contributed by atoms with Crippen molar-refractivity contribution < 1.29 is 8.83 Å². The van der Waals surface area contributed by atoms with Crippen molar-refractivity contribution in [2.45, 2.75) is 38.5 Å². The summed E-state index contributed by atoms with van der Waals surface area (Å²) in [5, 5.41) is 17.6. The van der Waals surface area contributed by atoms with E-state index in [-0.39, 0.29) is 10.8 Å². The Morgan fingerprint density at radius 3 is 0.909 bits per heavy atom. The number of fused-ring (bicyclic) bond motifs is 7. The number of hydrogen-bond acceptors (Lipinski definition) is 10. The minimum Gasteiger partial charge on any atom is -0.416 e. The Labute approximate surface area is 509 Å². The zero-order chi connectivity index (χ0) is 59.1. The SMILES string of the molecule is CC1(C)c2ccccc2-c2ccc(N(c3ccc(-c4nnc(-c5ccccc5)o4)cc3)c3ccc(-c4nc5ccccc5nc4-c4ccc(N(c5ccc(-c6nnc(-c7ccccc7)o6)cc5)c5ccc6c(c5)C(C)(C)c5ccccc5-6)cc4)cc3)cc21. The molecule has 16 rings (SSSR count). The minimum atomic E-state index is -0.195. The average molecular weight is 1140 g/mol. The first-order valence-electron chi connectivity index (χ1n) is 29.7. The zero-order valence-corrected chi connectivity index (χ0v) is 48.8. The lowest BCUT2D eigenvalue weighted by molar-refractivity contribution is 0.584. The Hall–Kier alpha value is -11.4. The van der Waals surface area contributed by atoms with Gasteiger partial charge in [-0.2, -0.15) is 0 Å². The van der Waals surface area contributed by atoms with Crippen LogP contribution in [0.5, 0.6) is 0 Å². The van der Waals surface area contributed by atoms with Crippen LogP contribution < -0.4 is 9.80 Å². The van der Waals surface area contributed by atoms with Crippen LogP contribution >= 0.6 is 0 Å². The number of aromatic nitrogens is 6. The first-order chi connectivity index (χ1) is 43.1. The van der Waals surface area contributed by atoms with Gasteiger partial charge in [0.15, 0.2) is 0 Å². The molecule has 0 spiro atoms. The van der Waals surface area contributed by atoms with E-state index in [2.05, 4.69) is 216 Å². The van der Waals surface area contributed by atoms with Crippen LogP contribution in [-0.2, 0) is 10.8 Å². The molecule has 14 aromatic rings. The molecule has 88 heavy (non-hydrogen) atoms. The number of benzene rings is 11. The summed E-state index contributed by atoms with van der Waals surface area (Å²) in [6, 6.07) is 93.2. The van der Waals surface area contributed by atoms with Gasteiger partial charge in [-0.25, -0.2) is 9.97 Å². The van der Waals surface area contributed by atoms with Crippen molar-refractivity contribution >= 4 is 45.2 Å². The van der Waals surface area contributed by atoms with Gasteiger partial charge in [0, 0.05) is 78.3 Å². The number of hydrogen-bond donors (Lipinski definition) is 0. The van der Waals surface area contributed by atoms with E-state index in [4.69, 9.17) is 18.8 Å². The Kier molecular flexibility index (Phi) is 12.3. The Morgan fingerprint density at radius 1 is 0.261 bits per heavy atom. The van der Waals surface area contributed by atoms with Gasteiger partial charge in [-0.3, -0.25) is 0 Å². The quantitative estimate of drug-likeness (QED) is 0.117. The average Bonchev–Trinajstić information content (AvgIpc) is 1.66. The highest BCUT2D eigenvalue weighted by Crippen LogP contribution is 2.53. The molecule has 0 unspecified atom stereocenters. The molecule has 420 valence electrons. The predicted molar refractivity (Wildman–Crippen MR) is 352 cm³/mol. The van der Waals surface area contributed by atoms with Gasteiger partial charge < -0.3 is 18.6 Å². The van der Waals surface area contributed by atoms with Crippen LogP contribution in [0.4, 0.5) is 34.1 Å². The lowest BCUT2D eigenvalue weighted by atomic mass is 9.82. The predicted octanol–water partition coefficient (Wildman–Crippen LogP) is 20.0. The second kappa shape index (κ2) is 20.7. The number of anilines is 6. The van der Waals surface area contributed by atoms with Gasteiger partial charge in [-0.1, -0.05) is 161 Å². The van der Waals surface area contributed by atoms with Crippen LogP contribution in [0.25, 0.3) is 102 Å². The first-order valence-corrected chi connectivity index (χ1v) is 29.7. The summed E-state index contributed by atoms with van der Waals surface area (Å²) in [6.45, 7) is 9.29. The van der Waals surface area contributed by atoms with Gasteiger partial charge in [0.05, 0.1) is 22.4 Å². The molecule has 3 aromatic heterocycles. The van der Waals surface area contributed by atoms with Gasteiger partial charge in [0.2, 0.25) is 23.6 Å². The molecule has 0 fully saturated rings. The maximum Gasteiger partial charge on any atom is 0.248 e. The smallest absolute Gasteiger partial charge is 0.248 e. The summed E-state index contributed by atoms with van der Waals surface area (Å²) < 4.78 is 12.4. The molecule has 10 heteroatoms. The van der Waals surface area contributed by atoms with Crippen molar-refractivity contribution in [2.24, 2.45) is 0 Å². The molecule has 0 bridgehead atoms. The molecule has 0 aliphatic heterocycles. The van der Waals surface area contributed by atoms with Crippen LogP contribution in [0.1, 0.15) is 49.9 Å². The Morgan fingerprint density at radius 2 is 0.545 bits per heavy atom. The van der Waals surface area contributed by atoms with Crippen LogP contribution in [-0.4, -0.2) is 30.4 Å². The van der Waals surface area contributed by atoms with Crippen molar-refractivity contribution in [3.63, 3.8) is 0 Å². The molecule has 0 amide bonds. The highest BCUT2D eigenvalue weighted by atomic mass is 16.4. The number of para-hydroxylation sites is 2. The maximum atomic E-state index is 6.21. The largest absolute Gasteiger partial charge is 0.416 e. The van der Waals surface area contributed by atoms with E-state index in [1.807, 2.05) is 109 Å². The fourth-order valence-electron chi connectivity index (χ4n) is 13.1. The van der Waals surface area contributed by atoms with E-state index in [1.165, 1.54) is 44.5 Å². The second-order valence-corrected chi connectivity index (χ2v) is 23.6. The zero-order valence-electron chi connectivity index (χ0n) is 48.8. The van der Waals surface area contributed by atoms with Gasteiger partial charge in [0.25, 0.3) is 0 Å². The molecule has 0 atom stereocenters. The molecule has 2 aliphatic rings. The summed E-state index contributed by atoms with van der Waals surface area (Å²) in [4.78, 5) is 15.4. The van der Waals surface area contributed by atoms with Crippen LogP contribution in [0.3, 0.4) is 0 Å². The van der Waals surface area contributed by atoms with E-state index < -0.39 is 0 Å². The molecule has 0 saturated carbocycles. The molecule has 0 N–H and O–H groups in total. The van der Waals surface area contributed by atoms with Gasteiger partial charge in [-0.15, -0.1) is 20.4 Å². The second-order valence-electron chi connectivity index (χ2n) is 23.6. The van der Waals surface area contributed by atoms with E-state index in [0.717, 1.165) is 89.9 Å². The molecule has 0 saturated heterocycles. The Bertz CT molecular complexity index is 4640. The highest BCUT2D eigenvalue weighted by Gasteiger charge is 2.37. The van der Waals surface area contributed by atoms with Crippen LogP contribution in [0.2, 0.25) is 0 Å². The summed E-state index contributed by atoms with van der Waals surface area (Å²) in [7, 11) is 0. The minimum absolute atomic E-state index is 0.195. The van der Waals surface area contributed by atoms with Crippen molar-refractivity contribution in [3.8, 4) is 90.6 Å². The molecular weight excluding hydrogens is 1080 g/mol. The monoisotopic (exact) mass is 1140 g/mol. The summed E-state index contributed by atoms with van der Waals surface area (Å²) in [6.07, 6.45) is 0. The molecular formula is C78H56N8O2. The van der Waals surface area contributed by atoms with E-state index >= 15 is 0 Å². The molecule has 2 aliphatic carbocycles. The molecule has 11 aromatic carbocycles. The topological polar surface area (TPSA) is 110 Å². The third kappa shape index (κ3) is 8.87. The lowest BCUT2D eigenvalue weighted by Gasteiger charge is -2.28. The summed E-state index contributed by atoms with van der Waals surface area (Å²) in [5.74, 6) is 1.87. The molecule has 0 radical (unpaired) electrons.